The third-order valence-corrected chi connectivity index (χ3v) is 3.17. The molecule has 94 valence electrons. The standard InChI is InChI=1S/C16H15N3/c1-17-16-8-4-5-13(19-16)11-12-9-10-18-15-7-3-2-6-14(12)15/h2-10H,11H2,1H3,(H,17,19). The molecule has 0 aliphatic rings. The summed E-state index contributed by atoms with van der Waals surface area (Å²) in [6.07, 6.45) is 2.68. The fraction of sp³-hybridized carbons (Fsp3) is 0.125. The molecule has 0 fully saturated rings. The van der Waals surface area contributed by atoms with E-state index in [0.717, 1.165) is 23.4 Å². The number of fused-ring (bicyclic) bond motifs is 1. The van der Waals surface area contributed by atoms with Gasteiger partial charge in [-0.25, -0.2) is 4.98 Å². The average Bonchev–Trinajstić information content (AvgIpc) is 2.48. The molecule has 19 heavy (non-hydrogen) atoms. The predicted octanol–water partition coefficient (Wildman–Crippen LogP) is 3.26. The van der Waals surface area contributed by atoms with Crippen LogP contribution in [0.2, 0.25) is 0 Å². The third-order valence-electron chi connectivity index (χ3n) is 3.17. The summed E-state index contributed by atoms with van der Waals surface area (Å²) in [5.74, 6) is 0.899. The Morgan fingerprint density at radius 1 is 1.00 bits per heavy atom. The second kappa shape index (κ2) is 5.06. The molecule has 0 unspecified atom stereocenters. The first-order chi connectivity index (χ1) is 9.36. The lowest BCUT2D eigenvalue weighted by molar-refractivity contribution is 1.08. The molecule has 1 N–H and O–H groups in total. The van der Waals surface area contributed by atoms with Crippen molar-refractivity contribution in [1.29, 1.82) is 0 Å². The highest BCUT2D eigenvalue weighted by Crippen LogP contribution is 2.19. The lowest BCUT2D eigenvalue weighted by Crippen LogP contribution is -1.98. The maximum absolute atomic E-state index is 4.56. The van der Waals surface area contributed by atoms with Crippen molar-refractivity contribution in [3.63, 3.8) is 0 Å². The molecule has 0 radical (unpaired) electrons. The van der Waals surface area contributed by atoms with Gasteiger partial charge in [0.2, 0.25) is 0 Å². The molecule has 2 aromatic heterocycles. The minimum absolute atomic E-state index is 0.818. The van der Waals surface area contributed by atoms with E-state index in [1.54, 1.807) is 0 Å². The molecule has 0 amide bonds. The smallest absolute Gasteiger partial charge is 0.125 e. The van der Waals surface area contributed by atoms with Crippen LogP contribution in [0.5, 0.6) is 0 Å². The van der Waals surface area contributed by atoms with Crippen molar-refractivity contribution in [2.45, 2.75) is 6.42 Å². The summed E-state index contributed by atoms with van der Waals surface area (Å²) in [5, 5.41) is 4.26. The van der Waals surface area contributed by atoms with Crippen LogP contribution in [0.1, 0.15) is 11.3 Å². The van der Waals surface area contributed by atoms with Gasteiger partial charge in [0.05, 0.1) is 5.52 Å². The molecule has 1 aromatic carbocycles. The molecular weight excluding hydrogens is 234 g/mol. The molecule has 3 heteroatoms. The van der Waals surface area contributed by atoms with Crippen LogP contribution in [0.4, 0.5) is 5.82 Å². The topological polar surface area (TPSA) is 37.8 Å². The Morgan fingerprint density at radius 3 is 2.79 bits per heavy atom. The molecule has 0 bridgehead atoms. The second-order valence-corrected chi connectivity index (χ2v) is 4.43. The van der Waals surface area contributed by atoms with Crippen molar-refractivity contribution in [1.82, 2.24) is 9.97 Å². The van der Waals surface area contributed by atoms with E-state index in [9.17, 15) is 0 Å². The minimum atomic E-state index is 0.818. The van der Waals surface area contributed by atoms with Gasteiger partial charge in [-0.1, -0.05) is 24.3 Å². The number of aromatic nitrogens is 2. The number of rotatable bonds is 3. The normalized spacial score (nSPS) is 10.6. The molecular formula is C16H15N3. The van der Waals surface area contributed by atoms with Gasteiger partial charge in [-0.05, 0) is 29.8 Å². The highest BCUT2D eigenvalue weighted by atomic mass is 15.0. The van der Waals surface area contributed by atoms with Crippen LogP contribution in [0.25, 0.3) is 10.9 Å². The quantitative estimate of drug-likeness (QED) is 0.774. The van der Waals surface area contributed by atoms with Gasteiger partial charge in [0.25, 0.3) is 0 Å². The van der Waals surface area contributed by atoms with Crippen molar-refractivity contribution >= 4 is 16.7 Å². The SMILES string of the molecule is CNc1cccc(Cc2ccnc3ccccc23)n1. The summed E-state index contributed by atoms with van der Waals surface area (Å²) >= 11 is 0. The number of pyridine rings is 2. The summed E-state index contributed by atoms with van der Waals surface area (Å²) in [5.41, 5.74) is 3.35. The number of nitrogens with one attached hydrogen (secondary N) is 1. The molecule has 0 saturated carbocycles. The maximum Gasteiger partial charge on any atom is 0.125 e. The van der Waals surface area contributed by atoms with Gasteiger partial charge in [0.1, 0.15) is 5.82 Å². The van der Waals surface area contributed by atoms with Gasteiger partial charge in [-0.3, -0.25) is 4.98 Å². The van der Waals surface area contributed by atoms with E-state index in [0.29, 0.717) is 0 Å². The van der Waals surface area contributed by atoms with Crippen molar-refractivity contribution in [2.75, 3.05) is 12.4 Å². The number of para-hydroxylation sites is 1. The number of anilines is 1. The summed E-state index contributed by atoms with van der Waals surface area (Å²) in [6.45, 7) is 0. The fourth-order valence-electron chi connectivity index (χ4n) is 2.22. The van der Waals surface area contributed by atoms with Gasteiger partial charge in [0.15, 0.2) is 0 Å². The first-order valence-electron chi connectivity index (χ1n) is 6.33. The lowest BCUT2D eigenvalue weighted by Gasteiger charge is -2.07. The molecule has 3 rings (SSSR count). The summed E-state index contributed by atoms with van der Waals surface area (Å²) < 4.78 is 0. The Kier molecular flexibility index (Phi) is 3.11. The zero-order valence-corrected chi connectivity index (χ0v) is 10.8. The van der Waals surface area contributed by atoms with Crippen molar-refractivity contribution in [3.05, 3.63) is 66.0 Å². The summed E-state index contributed by atoms with van der Waals surface area (Å²) in [4.78, 5) is 8.95. The summed E-state index contributed by atoms with van der Waals surface area (Å²) in [7, 11) is 1.88. The van der Waals surface area contributed by atoms with E-state index < -0.39 is 0 Å². The van der Waals surface area contributed by atoms with Gasteiger partial charge in [-0.15, -0.1) is 0 Å². The lowest BCUT2D eigenvalue weighted by atomic mass is 10.0. The van der Waals surface area contributed by atoms with E-state index >= 15 is 0 Å². The van der Waals surface area contributed by atoms with Crippen LogP contribution in [0, 0.1) is 0 Å². The monoisotopic (exact) mass is 249 g/mol. The van der Waals surface area contributed by atoms with Gasteiger partial charge in [0, 0.05) is 30.7 Å². The number of benzene rings is 1. The molecule has 0 saturated heterocycles. The minimum Gasteiger partial charge on any atom is -0.373 e. The molecule has 3 nitrogen and oxygen atoms in total. The first-order valence-corrected chi connectivity index (χ1v) is 6.33. The van der Waals surface area contributed by atoms with Crippen molar-refractivity contribution < 1.29 is 0 Å². The summed E-state index contributed by atoms with van der Waals surface area (Å²) in [6, 6.07) is 16.3. The highest BCUT2D eigenvalue weighted by Gasteiger charge is 2.04. The molecule has 0 atom stereocenters. The van der Waals surface area contributed by atoms with Crippen LogP contribution >= 0.6 is 0 Å². The Hall–Kier alpha value is -2.42. The van der Waals surface area contributed by atoms with Crippen LogP contribution < -0.4 is 5.32 Å². The molecule has 0 aliphatic carbocycles. The second-order valence-electron chi connectivity index (χ2n) is 4.43. The van der Waals surface area contributed by atoms with Crippen molar-refractivity contribution in [2.24, 2.45) is 0 Å². The van der Waals surface area contributed by atoms with E-state index in [2.05, 4.69) is 33.5 Å². The molecule has 0 aliphatic heterocycles. The van der Waals surface area contributed by atoms with E-state index in [-0.39, 0.29) is 0 Å². The van der Waals surface area contributed by atoms with E-state index in [4.69, 9.17) is 0 Å². The van der Waals surface area contributed by atoms with E-state index in [1.807, 2.05) is 43.6 Å². The van der Waals surface area contributed by atoms with Crippen LogP contribution in [0.15, 0.2) is 54.7 Å². The Labute approximate surface area is 112 Å². The van der Waals surface area contributed by atoms with Crippen molar-refractivity contribution in [3.8, 4) is 0 Å². The van der Waals surface area contributed by atoms with Crippen LogP contribution in [0.3, 0.4) is 0 Å². The Morgan fingerprint density at radius 2 is 1.89 bits per heavy atom. The molecule has 0 spiro atoms. The number of hydrogen-bond donors (Lipinski definition) is 1. The maximum atomic E-state index is 4.56. The highest BCUT2D eigenvalue weighted by molar-refractivity contribution is 5.82. The number of nitrogens with zero attached hydrogens (tertiary/aromatic N) is 2. The predicted molar refractivity (Wildman–Crippen MR) is 78.3 cm³/mol. The number of hydrogen-bond acceptors (Lipinski definition) is 3. The first kappa shape index (κ1) is 11.7. The molecule has 2 heterocycles. The fourth-order valence-corrected chi connectivity index (χ4v) is 2.22. The average molecular weight is 249 g/mol. The Bertz CT molecular complexity index is 702. The van der Waals surface area contributed by atoms with Gasteiger partial charge in [-0.2, -0.15) is 0 Å². The van der Waals surface area contributed by atoms with E-state index in [1.165, 1.54) is 10.9 Å². The van der Waals surface area contributed by atoms with Gasteiger partial charge >= 0.3 is 0 Å². The molecule has 3 aromatic rings. The van der Waals surface area contributed by atoms with Crippen LogP contribution in [-0.2, 0) is 6.42 Å². The Balaban J connectivity index is 2.01. The zero-order valence-electron chi connectivity index (χ0n) is 10.8. The van der Waals surface area contributed by atoms with Crippen LogP contribution in [-0.4, -0.2) is 17.0 Å². The largest absolute Gasteiger partial charge is 0.373 e. The third kappa shape index (κ3) is 2.40. The zero-order chi connectivity index (χ0) is 13.1. The van der Waals surface area contributed by atoms with Gasteiger partial charge < -0.3 is 5.32 Å².